The first-order valence-electron chi connectivity index (χ1n) is 4.08. The summed E-state index contributed by atoms with van der Waals surface area (Å²) >= 11 is 0. The fraction of sp³-hybridized carbons (Fsp3) is 0.444. The van der Waals surface area contributed by atoms with E-state index < -0.39 is 0 Å². The molecule has 1 aliphatic rings. The average Bonchev–Trinajstić information content (AvgIpc) is 1.83. The van der Waals surface area contributed by atoms with Crippen LogP contribution in [0, 0.1) is 0 Å². The summed E-state index contributed by atoms with van der Waals surface area (Å²) in [7, 11) is 0. The number of rotatable bonds is 1. The van der Waals surface area contributed by atoms with Gasteiger partial charge < -0.3 is 5.73 Å². The molecule has 1 aromatic heterocycles. The smallest absolute Gasteiger partial charge is 0.123 e. The van der Waals surface area contributed by atoms with Crippen molar-refractivity contribution < 1.29 is 0 Å². The third kappa shape index (κ3) is 1.69. The molecule has 0 spiro atoms. The maximum atomic E-state index is 5.56. The summed E-state index contributed by atoms with van der Waals surface area (Å²) in [6, 6.07) is 4.06. The summed E-state index contributed by atoms with van der Waals surface area (Å²) in [6.07, 6.45) is 5.81. The molecule has 0 atom stereocenters. The van der Waals surface area contributed by atoms with E-state index in [0.29, 0.717) is 5.82 Å². The molecule has 12 heavy (non-hydrogen) atoms. The molecule has 1 heterocycles. The number of hydrogen-bond donors (Lipinski definition) is 1. The van der Waals surface area contributed by atoms with Crippen LogP contribution < -0.4 is 5.73 Å². The highest BCUT2D eigenvalue weighted by molar-refractivity contribution is 5.85. The largest absolute Gasteiger partial charge is 0.384 e. The van der Waals surface area contributed by atoms with E-state index >= 15 is 0 Å². The van der Waals surface area contributed by atoms with Crippen molar-refractivity contribution in [3.63, 3.8) is 0 Å². The number of nitrogen functional groups attached to an aromatic ring is 1. The maximum Gasteiger partial charge on any atom is 0.123 e. The molecular weight excluding hydrogens is 172 g/mol. The molecule has 0 aliphatic heterocycles. The Balaban J connectivity index is 0.000000720. The van der Waals surface area contributed by atoms with Crippen molar-refractivity contribution >= 4 is 18.2 Å². The lowest BCUT2D eigenvalue weighted by molar-refractivity contribution is 0.419. The van der Waals surface area contributed by atoms with Crippen LogP contribution in [0.2, 0.25) is 0 Å². The number of halogens is 1. The predicted octanol–water partition coefficient (Wildman–Crippen LogP) is 2.35. The molecule has 0 amide bonds. The van der Waals surface area contributed by atoms with Gasteiger partial charge in [-0.15, -0.1) is 12.4 Å². The molecule has 0 aromatic carbocycles. The Hall–Kier alpha value is -0.760. The quantitative estimate of drug-likeness (QED) is 0.728. The number of nitrogens with two attached hydrogens (primary N) is 1. The Bertz CT molecular complexity index is 258. The van der Waals surface area contributed by atoms with Crippen LogP contribution in [0.15, 0.2) is 18.3 Å². The van der Waals surface area contributed by atoms with Crippen molar-refractivity contribution in [1.29, 1.82) is 0 Å². The Morgan fingerprint density at radius 2 is 2.17 bits per heavy atom. The van der Waals surface area contributed by atoms with Crippen molar-refractivity contribution in [1.82, 2.24) is 4.98 Å². The molecule has 1 saturated carbocycles. The van der Waals surface area contributed by atoms with Gasteiger partial charge in [0.05, 0.1) is 0 Å². The second-order valence-corrected chi connectivity index (χ2v) is 3.14. The van der Waals surface area contributed by atoms with Crippen LogP contribution in [0.3, 0.4) is 0 Å². The second-order valence-electron chi connectivity index (χ2n) is 3.14. The van der Waals surface area contributed by atoms with Gasteiger partial charge in [-0.05, 0) is 36.5 Å². The van der Waals surface area contributed by atoms with E-state index in [0.717, 1.165) is 5.92 Å². The van der Waals surface area contributed by atoms with Crippen LogP contribution in [0.1, 0.15) is 30.7 Å². The number of hydrogen-bond acceptors (Lipinski definition) is 2. The fourth-order valence-corrected chi connectivity index (χ4v) is 1.46. The molecule has 1 fully saturated rings. The van der Waals surface area contributed by atoms with E-state index in [1.54, 1.807) is 6.20 Å². The minimum Gasteiger partial charge on any atom is -0.384 e. The molecule has 1 aromatic rings. The molecule has 1 aliphatic carbocycles. The molecule has 2 nitrogen and oxygen atoms in total. The van der Waals surface area contributed by atoms with Crippen LogP contribution in [-0.2, 0) is 0 Å². The molecule has 3 heteroatoms. The molecule has 66 valence electrons. The van der Waals surface area contributed by atoms with Crippen molar-refractivity contribution in [2.45, 2.75) is 25.2 Å². The Morgan fingerprint density at radius 1 is 1.42 bits per heavy atom. The third-order valence-electron chi connectivity index (χ3n) is 2.38. The average molecular weight is 185 g/mol. The van der Waals surface area contributed by atoms with Crippen LogP contribution in [0.5, 0.6) is 0 Å². The van der Waals surface area contributed by atoms with Crippen molar-refractivity contribution in [2.24, 2.45) is 0 Å². The molecule has 0 saturated heterocycles. The zero-order chi connectivity index (χ0) is 7.68. The normalized spacial score (nSPS) is 16.3. The highest BCUT2D eigenvalue weighted by atomic mass is 35.5. The van der Waals surface area contributed by atoms with Gasteiger partial charge in [-0.2, -0.15) is 0 Å². The SMILES string of the molecule is Cl.Nc1cc(C2CCC2)ccn1. The molecule has 2 rings (SSSR count). The molecule has 0 radical (unpaired) electrons. The van der Waals surface area contributed by atoms with Crippen LogP contribution in [0.4, 0.5) is 5.82 Å². The lowest BCUT2D eigenvalue weighted by Crippen LogP contribution is -2.09. The number of aromatic nitrogens is 1. The third-order valence-corrected chi connectivity index (χ3v) is 2.38. The summed E-state index contributed by atoms with van der Waals surface area (Å²) in [5, 5.41) is 0. The van der Waals surface area contributed by atoms with E-state index in [-0.39, 0.29) is 12.4 Å². The van der Waals surface area contributed by atoms with Crippen molar-refractivity contribution in [2.75, 3.05) is 5.73 Å². The molecular formula is C9H13ClN2. The van der Waals surface area contributed by atoms with Gasteiger partial charge >= 0.3 is 0 Å². The Labute approximate surface area is 78.6 Å². The first-order valence-corrected chi connectivity index (χ1v) is 4.08. The summed E-state index contributed by atoms with van der Waals surface area (Å²) < 4.78 is 0. The van der Waals surface area contributed by atoms with Crippen LogP contribution in [0.25, 0.3) is 0 Å². The molecule has 0 bridgehead atoms. The lowest BCUT2D eigenvalue weighted by atomic mass is 9.80. The van der Waals surface area contributed by atoms with Gasteiger partial charge in [0.25, 0.3) is 0 Å². The lowest BCUT2D eigenvalue weighted by Gasteiger charge is -2.25. The van der Waals surface area contributed by atoms with Crippen LogP contribution in [-0.4, -0.2) is 4.98 Å². The fourth-order valence-electron chi connectivity index (χ4n) is 1.46. The standard InChI is InChI=1S/C9H12N2.ClH/c10-9-6-8(4-5-11-9)7-2-1-3-7;/h4-7H,1-3H2,(H2,10,11);1H. The second kappa shape index (κ2) is 3.76. The summed E-state index contributed by atoms with van der Waals surface area (Å²) in [5.41, 5.74) is 6.93. The first-order chi connectivity index (χ1) is 5.36. The number of pyridine rings is 1. The topological polar surface area (TPSA) is 38.9 Å². The van der Waals surface area contributed by atoms with Crippen molar-refractivity contribution in [3.8, 4) is 0 Å². The first kappa shape index (κ1) is 9.33. The van der Waals surface area contributed by atoms with E-state index in [1.807, 2.05) is 6.07 Å². The maximum absolute atomic E-state index is 5.56. The Morgan fingerprint density at radius 3 is 2.67 bits per heavy atom. The molecule has 0 unspecified atom stereocenters. The summed E-state index contributed by atoms with van der Waals surface area (Å²) in [4.78, 5) is 3.96. The Kier molecular flexibility index (Phi) is 2.93. The zero-order valence-corrected chi connectivity index (χ0v) is 7.68. The van der Waals surface area contributed by atoms with Gasteiger partial charge in [-0.25, -0.2) is 4.98 Å². The van der Waals surface area contributed by atoms with Gasteiger partial charge in [-0.3, -0.25) is 0 Å². The van der Waals surface area contributed by atoms with Gasteiger partial charge in [-0.1, -0.05) is 6.42 Å². The summed E-state index contributed by atoms with van der Waals surface area (Å²) in [5.74, 6) is 1.41. The van der Waals surface area contributed by atoms with E-state index in [9.17, 15) is 0 Å². The molecule has 2 N–H and O–H groups in total. The number of anilines is 1. The van der Waals surface area contributed by atoms with Gasteiger partial charge in [0.2, 0.25) is 0 Å². The van der Waals surface area contributed by atoms with Gasteiger partial charge in [0.15, 0.2) is 0 Å². The van der Waals surface area contributed by atoms with Crippen molar-refractivity contribution in [3.05, 3.63) is 23.9 Å². The predicted molar refractivity (Wildman–Crippen MR) is 52.5 cm³/mol. The van der Waals surface area contributed by atoms with Crippen LogP contribution >= 0.6 is 12.4 Å². The monoisotopic (exact) mass is 184 g/mol. The number of nitrogens with zero attached hydrogens (tertiary/aromatic N) is 1. The zero-order valence-electron chi connectivity index (χ0n) is 6.86. The highest BCUT2D eigenvalue weighted by Crippen LogP contribution is 2.36. The summed E-state index contributed by atoms with van der Waals surface area (Å²) in [6.45, 7) is 0. The van der Waals surface area contributed by atoms with E-state index in [4.69, 9.17) is 5.73 Å². The van der Waals surface area contributed by atoms with E-state index in [2.05, 4.69) is 11.1 Å². The van der Waals surface area contributed by atoms with Gasteiger partial charge in [0.1, 0.15) is 5.82 Å². The van der Waals surface area contributed by atoms with E-state index in [1.165, 1.54) is 24.8 Å². The minimum absolute atomic E-state index is 0. The van der Waals surface area contributed by atoms with Gasteiger partial charge in [0, 0.05) is 6.20 Å². The highest BCUT2D eigenvalue weighted by Gasteiger charge is 2.19. The minimum atomic E-state index is 0.